The number of aromatic nitrogens is 2. The zero-order chi connectivity index (χ0) is 18.8. The largest absolute Gasteiger partial charge is 0.494 e. The Morgan fingerprint density at radius 1 is 1.31 bits per heavy atom. The van der Waals surface area contributed by atoms with Crippen LogP contribution >= 0.6 is 22.6 Å². The first kappa shape index (κ1) is 18.8. The van der Waals surface area contributed by atoms with Crippen LogP contribution in [0.2, 0.25) is 0 Å². The molecule has 0 bridgehead atoms. The standard InChI is InChI=1S/C20H21IN2O3/c1-12(2)13-4-6-14(7-5-13)20-22-18-17(21)15(11-25)10-16(26-3)19(18)23(20)8-9-24/h4-7,10-12,24H,8-9H2,1-3H3. The molecule has 0 atom stereocenters. The molecule has 3 aromatic rings. The van der Waals surface area contributed by atoms with Crippen molar-refractivity contribution in [2.45, 2.75) is 26.3 Å². The predicted octanol–water partition coefficient (Wildman–Crippen LogP) is 4.24. The average molecular weight is 464 g/mol. The molecule has 26 heavy (non-hydrogen) atoms. The van der Waals surface area contributed by atoms with E-state index in [9.17, 15) is 9.90 Å². The highest BCUT2D eigenvalue weighted by atomic mass is 127. The molecule has 0 aliphatic heterocycles. The molecule has 0 saturated heterocycles. The van der Waals surface area contributed by atoms with Crippen LogP contribution in [0.5, 0.6) is 5.75 Å². The summed E-state index contributed by atoms with van der Waals surface area (Å²) in [6.07, 6.45) is 0.811. The van der Waals surface area contributed by atoms with Gasteiger partial charge in [-0.25, -0.2) is 4.98 Å². The number of carbonyl (C=O) groups is 1. The monoisotopic (exact) mass is 464 g/mol. The van der Waals surface area contributed by atoms with Crippen LogP contribution < -0.4 is 4.74 Å². The third-order valence-corrected chi connectivity index (χ3v) is 5.59. The van der Waals surface area contributed by atoms with Crippen molar-refractivity contribution in [1.29, 1.82) is 0 Å². The molecule has 0 aliphatic rings. The van der Waals surface area contributed by atoms with E-state index in [1.807, 2.05) is 16.7 Å². The number of nitrogens with zero attached hydrogens (tertiary/aromatic N) is 2. The number of benzene rings is 2. The van der Waals surface area contributed by atoms with Crippen molar-refractivity contribution in [2.75, 3.05) is 13.7 Å². The predicted molar refractivity (Wildman–Crippen MR) is 111 cm³/mol. The first-order valence-electron chi connectivity index (χ1n) is 8.44. The van der Waals surface area contributed by atoms with Gasteiger partial charge < -0.3 is 14.4 Å². The Balaban J connectivity index is 2.29. The Morgan fingerprint density at radius 3 is 2.54 bits per heavy atom. The molecule has 6 heteroatoms. The summed E-state index contributed by atoms with van der Waals surface area (Å²) in [7, 11) is 1.57. The lowest BCUT2D eigenvalue weighted by molar-refractivity contribution is 0.112. The lowest BCUT2D eigenvalue weighted by Gasteiger charge is -2.12. The van der Waals surface area contributed by atoms with Gasteiger partial charge in [0.2, 0.25) is 0 Å². The molecule has 1 aromatic heterocycles. The molecule has 0 spiro atoms. The highest BCUT2D eigenvalue weighted by Crippen LogP contribution is 2.35. The molecule has 0 amide bonds. The van der Waals surface area contributed by atoms with Crippen LogP contribution in [0.4, 0.5) is 0 Å². The smallest absolute Gasteiger partial charge is 0.151 e. The van der Waals surface area contributed by atoms with Gasteiger partial charge >= 0.3 is 0 Å². The van der Waals surface area contributed by atoms with E-state index in [0.29, 0.717) is 29.3 Å². The lowest BCUT2D eigenvalue weighted by atomic mass is 10.0. The topological polar surface area (TPSA) is 64.3 Å². The van der Waals surface area contributed by atoms with Crippen molar-refractivity contribution in [3.63, 3.8) is 0 Å². The quantitative estimate of drug-likeness (QED) is 0.438. The van der Waals surface area contributed by atoms with E-state index in [1.54, 1.807) is 13.2 Å². The van der Waals surface area contributed by atoms with Crippen molar-refractivity contribution in [3.05, 3.63) is 45.0 Å². The number of halogens is 1. The summed E-state index contributed by atoms with van der Waals surface area (Å²) in [5.74, 6) is 1.79. The number of aliphatic hydroxyl groups excluding tert-OH is 1. The van der Waals surface area contributed by atoms with E-state index in [4.69, 9.17) is 9.72 Å². The number of hydrogen-bond donors (Lipinski definition) is 1. The molecular formula is C20H21IN2O3. The van der Waals surface area contributed by atoms with E-state index < -0.39 is 0 Å². The number of ether oxygens (including phenoxy) is 1. The molecule has 3 rings (SSSR count). The first-order chi connectivity index (χ1) is 12.5. The van der Waals surface area contributed by atoms with Gasteiger partial charge in [-0.3, -0.25) is 4.79 Å². The average Bonchev–Trinajstić information content (AvgIpc) is 3.03. The minimum Gasteiger partial charge on any atom is -0.494 e. The second-order valence-corrected chi connectivity index (χ2v) is 7.46. The molecule has 5 nitrogen and oxygen atoms in total. The van der Waals surface area contributed by atoms with Crippen LogP contribution in [0.1, 0.15) is 35.7 Å². The summed E-state index contributed by atoms with van der Waals surface area (Å²) in [5, 5.41) is 9.57. The zero-order valence-electron chi connectivity index (χ0n) is 15.0. The van der Waals surface area contributed by atoms with Gasteiger partial charge in [0.05, 0.1) is 17.3 Å². The summed E-state index contributed by atoms with van der Waals surface area (Å²) in [6.45, 7) is 4.69. The van der Waals surface area contributed by atoms with Gasteiger partial charge in [0.25, 0.3) is 0 Å². The van der Waals surface area contributed by atoms with Crippen LogP contribution in [-0.4, -0.2) is 34.7 Å². The maximum absolute atomic E-state index is 11.4. The highest BCUT2D eigenvalue weighted by Gasteiger charge is 2.20. The number of carbonyl (C=O) groups excluding carboxylic acids is 1. The number of fused-ring (bicyclic) bond motifs is 1. The minimum atomic E-state index is -0.0162. The fourth-order valence-electron chi connectivity index (χ4n) is 3.06. The highest BCUT2D eigenvalue weighted by molar-refractivity contribution is 14.1. The molecular weight excluding hydrogens is 443 g/mol. The molecule has 136 valence electrons. The number of aldehydes is 1. The SMILES string of the molecule is COc1cc(C=O)c(I)c2nc(-c3ccc(C(C)C)cc3)n(CCO)c12. The molecule has 0 unspecified atom stereocenters. The minimum absolute atomic E-state index is 0.0162. The van der Waals surface area contributed by atoms with Crippen molar-refractivity contribution in [1.82, 2.24) is 9.55 Å². The number of rotatable bonds is 6. The molecule has 0 aliphatic carbocycles. The maximum Gasteiger partial charge on any atom is 0.151 e. The summed E-state index contributed by atoms with van der Waals surface area (Å²) in [5.41, 5.74) is 4.27. The van der Waals surface area contributed by atoms with Crippen LogP contribution in [0.3, 0.4) is 0 Å². The maximum atomic E-state index is 11.4. The Hall–Kier alpha value is -1.93. The van der Waals surface area contributed by atoms with Gasteiger partial charge in [0.15, 0.2) is 6.29 Å². The summed E-state index contributed by atoms with van der Waals surface area (Å²) < 4.78 is 8.24. The first-order valence-corrected chi connectivity index (χ1v) is 9.52. The van der Waals surface area contributed by atoms with Crippen molar-refractivity contribution >= 4 is 39.9 Å². The number of methoxy groups -OCH3 is 1. The Kier molecular flexibility index (Phi) is 5.62. The van der Waals surface area contributed by atoms with E-state index >= 15 is 0 Å². The third kappa shape index (κ3) is 3.23. The molecule has 0 fully saturated rings. The fraction of sp³-hybridized carbons (Fsp3) is 0.300. The van der Waals surface area contributed by atoms with Crippen molar-refractivity contribution in [2.24, 2.45) is 0 Å². The van der Waals surface area contributed by atoms with Gasteiger partial charge in [-0.1, -0.05) is 38.1 Å². The Labute approximate surface area is 166 Å². The van der Waals surface area contributed by atoms with E-state index in [1.165, 1.54) is 5.56 Å². The number of aliphatic hydroxyl groups is 1. The van der Waals surface area contributed by atoms with Gasteiger partial charge in [0, 0.05) is 17.7 Å². The van der Waals surface area contributed by atoms with E-state index in [2.05, 4.69) is 48.6 Å². The summed E-state index contributed by atoms with van der Waals surface area (Å²) in [6, 6.07) is 10.0. The second kappa shape index (κ2) is 7.75. The summed E-state index contributed by atoms with van der Waals surface area (Å²) in [4.78, 5) is 16.2. The van der Waals surface area contributed by atoms with Gasteiger partial charge in [0.1, 0.15) is 22.6 Å². The summed E-state index contributed by atoms with van der Waals surface area (Å²) >= 11 is 2.14. The van der Waals surface area contributed by atoms with E-state index in [0.717, 1.165) is 26.8 Å². The Morgan fingerprint density at radius 2 is 2.00 bits per heavy atom. The lowest BCUT2D eigenvalue weighted by Crippen LogP contribution is -2.05. The van der Waals surface area contributed by atoms with Crippen LogP contribution in [0.25, 0.3) is 22.4 Å². The van der Waals surface area contributed by atoms with Crippen molar-refractivity contribution < 1.29 is 14.6 Å². The fourth-order valence-corrected chi connectivity index (χ4v) is 3.72. The third-order valence-electron chi connectivity index (χ3n) is 4.45. The molecule has 2 aromatic carbocycles. The Bertz CT molecular complexity index is 946. The van der Waals surface area contributed by atoms with Gasteiger partial charge in [-0.2, -0.15) is 0 Å². The molecule has 0 radical (unpaired) electrons. The van der Waals surface area contributed by atoms with Crippen molar-refractivity contribution in [3.8, 4) is 17.1 Å². The van der Waals surface area contributed by atoms with Gasteiger partial charge in [-0.15, -0.1) is 0 Å². The van der Waals surface area contributed by atoms with E-state index in [-0.39, 0.29) is 6.61 Å². The number of hydrogen-bond acceptors (Lipinski definition) is 4. The van der Waals surface area contributed by atoms with Crippen LogP contribution in [-0.2, 0) is 6.54 Å². The molecule has 1 heterocycles. The van der Waals surface area contributed by atoms with Crippen LogP contribution in [0, 0.1) is 3.57 Å². The normalized spacial score (nSPS) is 11.3. The molecule has 0 saturated carbocycles. The number of imidazole rings is 1. The van der Waals surface area contributed by atoms with Crippen LogP contribution in [0.15, 0.2) is 30.3 Å². The molecule has 1 N–H and O–H groups in total. The zero-order valence-corrected chi connectivity index (χ0v) is 17.1. The second-order valence-electron chi connectivity index (χ2n) is 6.38. The van der Waals surface area contributed by atoms with Gasteiger partial charge in [-0.05, 0) is 40.1 Å².